The Kier molecular flexibility index (Phi) is 5.30. The van der Waals surface area contributed by atoms with Gasteiger partial charge < -0.3 is 14.7 Å². The van der Waals surface area contributed by atoms with E-state index in [9.17, 15) is 4.79 Å². The average molecular weight is 320 g/mol. The zero-order valence-corrected chi connectivity index (χ0v) is 14.3. The number of nitrogens with zero attached hydrogens (tertiary/aromatic N) is 3. The molecule has 0 spiro atoms. The summed E-state index contributed by atoms with van der Waals surface area (Å²) in [6.45, 7) is 7.54. The van der Waals surface area contributed by atoms with E-state index in [0.29, 0.717) is 24.1 Å². The molecule has 1 aromatic rings. The standard InChI is InChI=1S/C17H28N4O2/c1-3-8-21-9-6-13(7-10-21)11-15(22)18-12(2)17-19-16(20-23-17)14-4-5-14/h12-14H,3-11H2,1-2H3,(H,18,22). The molecule has 2 heterocycles. The van der Waals surface area contributed by atoms with Crippen molar-refractivity contribution in [2.45, 2.75) is 64.3 Å². The first-order valence-electron chi connectivity index (χ1n) is 9.01. The molecule has 1 aliphatic heterocycles. The Bertz CT molecular complexity index is 518. The number of likely N-dealkylation sites (tertiary alicyclic amines) is 1. The maximum Gasteiger partial charge on any atom is 0.248 e. The summed E-state index contributed by atoms with van der Waals surface area (Å²) < 4.78 is 5.28. The molecule has 6 heteroatoms. The van der Waals surface area contributed by atoms with Crippen LogP contribution in [0.4, 0.5) is 0 Å². The Morgan fingerprint density at radius 3 is 2.74 bits per heavy atom. The normalized spacial score (nSPS) is 21.3. The van der Waals surface area contributed by atoms with E-state index >= 15 is 0 Å². The molecule has 2 aliphatic rings. The highest BCUT2D eigenvalue weighted by Gasteiger charge is 2.30. The molecule has 0 bridgehead atoms. The van der Waals surface area contributed by atoms with Crippen LogP contribution in [-0.4, -0.2) is 40.6 Å². The molecule has 1 saturated carbocycles. The van der Waals surface area contributed by atoms with Crippen LogP contribution in [0.2, 0.25) is 0 Å². The summed E-state index contributed by atoms with van der Waals surface area (Å²) in [5.74, 6) is 2.39. The topological polar surface area (TPSA) is 71.3 Å². The highest BCUT2D eigenvalue weighted by atomic mass is 16.5. The Labute approximate surface area is 138 Å². The zero-order chi connectivity index (χ0) is 16.2. The van der Waals surface area contributed by atoms with Crippen LogP contribution < -0.4 is 5.32 Å². The number of aromatic nitrogens is 2. The molecule has 0 aromatic carbocycles. The van der Waals surface area contributed by atoms with Crippen molar-refractivity contribution in [3.8, 4) is 0 Å². The lowest BCUT2D eigenvalue weighted by atomic mass is 9.93. The molecule has 1 atom stereocenters. The van der Waals surface area contributed by atoms with Crippen molar-refractivity contribution >= 4 is 5.91 Å². The van der Waals surface area contributed by atoms with E-state index in [-0.39, 0.29) is 11.9 Å². The number of carbonyl (C=O) groups is 1. The summed E-state index contributed by atoms with van der Waals surface area (Å²) in [7, 11) is 0. The summed E-state index contributed by atoms with van der Waals surface area (Å²) in [5, 5.41) is 7.01. The second-order valence-electron chi connectivity index (χ2n) is 7.04. The fourth-order valence-corrected chi connectivity index (χ4v) is 3.29. The van der Waals surface area contributed by atoms with Crippen LogP contribution in [0.15, 0.2) is 4.52 Å². The monoisotopic (exact) mass is 320 g/mol. The van der Waals surface area contributed by atoms with Crippen LogP contribution >= 0.6 is 0 Å². The first-order chi connectivity index (χ1) is 11.2. The molecule has 1 aromatic heterocycles. The van der Waals surface area contributed by atoms with Gasteiger partial charge in [-0.2, -0.15) is 4.98 Å². The molecule has 0 radical (unpaired) electrons. The first-order valence-corrected chi connectivity index (χ1v) is 9.01. The van der Waals surface area contributed by atoms with Crippen molar-refractivity contribution in [2.75, 3.05) is 19.6 Å². The molecule has 2 fully saturated rings. The van der Waals surface area contributed by atoms with Crippen molar-refractivity contribution in [1.82, 2.24) is 20.4 Å². The number of piperidine rings is 1. The van der Waals surface area contributed by atoms with Gasteiger partial charge in [0.05, 0.1) is 0 Å². The largest absolute Gasteiger partial charge is 0.345 e. The third-order valence-electron chi connectivity index (χ3n) is 4.87. The van der Waals surface area contributed by atoms with Crippen LogP contribution in [0.1, 0.15) is 76.0 Å². The number of carbonyl (C=O) groups excluding carboxylic acids is 1. The lowest BCUT2D eigenvalue weighted by Crippen LogP contribution is -2.36. The minimum Gasteiger partial charge on any atom is -0.345 e. The molecule has 128 valence electrons. The van der Waals surface area contributed by atoms with Crippen LogP contribution in [0.5, 0.6) is 0 Å². The van der Waals surface area contributed by atoms with E-state index in [1.807, 2.05) is 6.92 Å². The van der Waals surface area contributed by atoms with Crippen molar-refractivity contribution in [1.29, 1.82) is 0 Å². The number of amides is 1. The van der Waals surface area contributed by atoms with Gasteiger partial charge in [-0.05, 0) is 64.6 Å². The van der Waals surface area contributed by atoms with Gasteiger partial charge in [-0.25, -0.2) is 0 Å². The van der Waals surface area contributed by atoms with Gasteiger partial charge in [0, 0.05) is 12.3 Å². The highest BCUT2D eigenvalue weighted by Crippen LogP contribution is 2.38. The Hall–Kier alpha value is -1.43. The molecular formula is C17H28N4O2. The maximum absolute atomic E-state index is 12.2. The van der Waals surface area contributed by atoms with E-state index < -0.39 is 0 Å². The molecule has 6 nitrogen and oxygen atoms in total. The second-order valence-corrected chi connectivity index (χ2v) is 7.04. The van der Waals surface area contributed by atoms with Crippen LogP contribution in [-0.2, 0) is 4.79 Å². The van der Waals surface area contributed by atoms with E-state index in [4.69, 9.17) is 4.52 Å². The number of hydrogen-bond donors (Lipinski definition) is 1. The number of rotatable bonds is 7. The summed E-state index contributed by atoms with van der Waals surface area (Å²) in [6.07, 6.45) is 6.35. The Balaban J connectivity index is 1.41. The van der Waals surface area contributed by atoms with Gasteiger partial charge in [-0.15, -0.1) is 0 Å². The summed E-state index contributed by atoms with van der Waals surface area (Å²) in [5.41, 5.74) is 0. The predicted molar refractivity (Wildman–Crippen MR) is 86.9 cm³/mol. The van der Waals surface area contributed by atoms with Gasteiger partial charge in [0.25, 0.3) is 0 Å². The molecule has 1 N–H and O–H groups in total. The Morgan fingerprint density at radius 1 is 1.35 bits per heavy atom. The maximum atomic E-state index is 12.2. The zero-order valence-electron chi connectivity index (χ0n) is 14.3. The van der Waals surface area contributed by atoms with E-state index in [1.165, 1.54) is 13.0 Å². The minimum atomic E-state index is -0.206. The lowest BCUT2D eigenvalue weighted by Gasteiger charge is -2.31. The van der Waals surface area contributed by atoms with Gasteiger partial charge in [-0.1, -0.05) is 12.1 Å². The van der Waals surface area contributed by atoms with Crippen LogP contribution in [0, 0.1) is 5.92 Å². The quantitative estimate of drug-likeness (QED) is 0.836. The Morgan fingerprint density at radius 2 is 2.09 bits per heavy atom. The summed E-state index contributed by atoms with van der Waals surface area (Å²) in [4.78, 5) is 19.1. The van der Waals surface area contributed by atoms with E-state index in [0.717, 1.165) is 44.6 Å². The van der Waals surface area contributed by atoms with Crippen molar-refractivity contribution in [3.63, 3.8) is 0 Å². The van der Waals surface area contributed by atoms with Crippen molar-refractivity contribution in [3.05, 3.63) is 11.7 Å². The van der Waals surface area contributed by atoms with Gasteiger partial charge in [0.1, 0.15) is 6.04 Å². The number of nitrogens with one attached hydrogen (secondary N) is 1. The van der Waals surface area contributed by atoms with Gasteiger partial charge in [-0.3, -0.25) is 4.79 Å². The van der Waals surface area contributed by atoms with Crippen LogP contribution in [0.25, 0.3) is 0 Å². The minimum absolute atomic E-state index is 0.0950. The number of hydrogen-bond acceptors (Lipinski definition) is 5. The molecule has 1 amide bonds. The first kappa shape index (κ1) is 16.4. The third kappa shape index (κ3) is 4.53. The van der Waals surface area contributed by atoms with Crippen molar-refractivity contribution in [2.24, 2.45) is 5.92 Å². The molecule has 23 heavy (non-hydrogen) atoms. The molecule has 1 saturated heterocycles. The van der Waals surface area contributed by atoms with Gasteiger partial charge >= 0.3 is 0 Å². The van der Waals surface area contributed by atoms with E-state index in [2.05, 4.69) is 27.3 Å². The average Bonchev–Trinajstić information content (AvgIpc) is 3.26. The van der Waals surface area contributed by atoms with Gasteiger partial charge in [0.15, 0.2) is 5.82 Å². The third-order valence-corrected chi connectivity index (χ3v) is 4.87. The molecule has 1 aliphatic carbocycles. The SMILES string of the molecule is CCCN1CCC(CC(=O)NC(C)c2nc(C3CC3)no2)CC1. The molecule has 1 unspecified atom stereocenters. The highest BCUT2D eigenvalue weighted by molar-refractivity contribution is 5.76. The fraction of sp³-hybridized carbons (Fsp3) is 0.824. The summed E-state index contributed by atoms with van der Waals surface area (Å²) >= 11 is 0. The van der Waals surface area contributed by atoms with Gasteiger partial charge in [0.2, 0.25) is 11.8 Å². The summed E-state index contributed by atoms with van der Waals surface area (Å²) in [6, 6.07) is -0.206. The lowest BCUT2D eigenvalue weighted by molar-refractivity contribution is -0.123. The second kappa shape index (κ2) is 7.43. The van der Waals surface area contributed by atoms with E-state index in [1.54, 1.807) is 0 Å². The fourth-order valence-electron chi connectivity index (χ4n) is 3.29. The van der Waals surface area contributed by atoms with Crippen molar-refractivity contribution < 1.29 is 9.32 Å². The smallest absolute Gasteiger partial charge is 0.248 e. The van der Waals surface area contributed by atoms with Crippen LogP contribution in [0.3, 0.4) is 0 Å². The molecule has 3 rings (SSSR count). The predicted octanol–water partition coefficient (Wildman–Crippen LogP) is 2.64. The molecular weight excluding hydrogens is 292 g/mol.